The maximum Gasteiger partial charge on any atom is 0.252 e. The third-order valence-corrected chi connectivity index (χ3v) is 4.55. The van der Waals surface area contributed by atoms with Crippen LogP contribution in [-0.4, -0.2) is 25.2 Å². The van der Waals surface area contributed by atoms with E-state index in [4.69, 9.17) is 0 Å². The van der Waals surface area contributed by atoms with Crippen LogP contribution < -0.4 is 0 Å². The quantitative estimate of drug-likeness (QED) is 0.637. The number of aromatic nitrogens is 5. The SMILES string of the molecule is Fc1nc(F)c(F)c(Sc2nnnn2C2CCCCC2)c1F. The largest absolute Gasteiger partial charge is 0.252 e. The molecule has 0 aromatic carbocycles. The van der Waals surface area contributed by atoms with Crippen LogP contribution in [0.2, 0.25) is 0 Å². The van der Waals surface area contributed by atoms with Crippen molar-refractivity contribution in [2.45, 2.75) is 48.2 Å². The maximum atomic E-state index is 13.7. The molecule has 0 amide bonds. The van der Waals surface area contributed by atoms with E-state index >= 15 is 0 Å². The van der Waals surface area contributed by atoms with Gasteiger partial charge in [-0.2, -0.15) is 13.8 Å². The Hall–Kier alpha value is -1.71. The first-order valence-corrected chi connectivity index (χ1v) is 7.55. The van der Waals surface area contributed by atoms with E-state index in [9.17, 15) is 17.6 Å². The van der Waals surface area contributed by atoms with E-state index < -0.39 is 28.4 Å². The van der Waals surface area contributed by atoms with E-state index in [1.807, 2.05) is 0 Å². The van der Waals surface area contributed by atoms with Crippen molar-refractivity contribution in [3.05, 3.63) is 23.5 Å². The number of pyridine rings is 1. The highest BCUT2D eigenvalue weighted by Gasteiger charge is 2.26. The Kier molecular flexibility index (Phi) is 4.27. The molecule has 118 valence electrons. The number of hydrogen-bond acceptors (Lipinski definition) is 5. The molecule has 1 saturated carbocycles. The molecule has 22 heavy (non-hydrogen) atoms. The lowest BCUT2D eigenvalue weighted by Gasteiger charge is -2.22. The van der Waals surface area contributed by atoms with Gasteiger partial charge in [0.25, 0.3) is 11.9 Å². The molecule has 2 aromatic rings. The molecule has 10 heteroatoms. The summed E-state index contributed by atoms with van der Waals surface area (Å²) in [5.41, 5.74) is 0. The van der Waals surface area contributed by atoms with Gasteiger partial charge < -0.3 is 0 Å². The summed E-state index contributed by atoms with van der Waals surface area (Å²) in [5.74, 6) is -6.50. The van der Waals surface area contributed by atoms with Gasteiger partial charge in [0.15, 0.2) is 11.6 Å². The molecule has 1 fully saturated rings. The molecule has 0 atom stereocenters. The molecule has 0 unspecified atom stereocenters. The molecule has 1 aliphatic carbocycles. The number of halogens is 4. The normalized spacial score (nSPS) is 16.2. The Morgan fingerprint density at radius 3 is 2.23 bits per heavy atom. The Bertz CT molecular complexity index is 660. The predicted octanol–water partition coefficient (Wildman–Crippen LogP) is 3.28. The van der Waals surface area contributed by atoms with Gasteiger partial charge >= 0.3 is 0 Å². The summed E-state index contributed by atoms with van der Waals surface area (Å²) >= 11 is 0.453. The van der Waals surface area contributed by atoms with Crippen LogP contribution in [-0.2, 0) is 0 Å². The highest BCUT2D eigenvalue weighted by Crippen LogP contribution is 2.35. The average Bonchev–Trinajstić information content (AvgIpc) is 2.99. The third-order valence-electron chi connectivity index (χ3n) is 3.53. The van der Waals surface area contributed by atoms with Crippen molar-refractivity contribution in [2.24, 2.45) is 0 Å². The highest BCUT2D eigenvalue weighted by atomic mass is 32.2. The maximum absolute atomic E-state index is 13.7. The topological polar surface area (TPSA) is 56.5 Å². The lowest BCUT2D eigenvalue weighted by Crippen LogP contribution is -2.15. The van der Waals surface area contributed by atoms with Gasteiger partial charge in [0.1, 0.15) is 0 Å². The highest BCUT2D eigenvalue weighted by molar-refractivity contribution is 7.99. The second kappa shape index (κ2) is 6.19. The molecule has 2 heterocycles. The fourth-order valence-corrected chi connectivity index (χ4v) is 3.34. The first-order valence-electron chi connectivity index (χ1n) is 6.73. The van der Waals surface area contributed by atoms with Gasteiger partial charge in [-0.1, -0.05) is 19.3 Å². The zero-order chi connectivity index (χ0) is 15.7. The fourth-order valence-electron chi connectivity index (χ4n) is 2.46. The standard InChI is InChI=1S/C12H11F4N5S/c13-7-9(8(14)11(16)17-10(7)15)22-12-18-19-20-21(12)6-4-2-1-3-5-6/h6H,1-5H2. The van der Waals surface area contributed by atoms with Crippen LogP contribution in [0.25, 0.3) is 0 Å². The van der Waals surface area contributed by atoms with Crippen molar-refractivity contribution < 1.29 is 17.6 Å². The number of nitrogens with zero attached hydrogens (tertiary/aromatic N) is 5. The summed E-state index contributed by atoms with van der Waals surface area (Å²) in [4.78, 5) is 1.68. The molecular formula is C12H11F4N5S. The van der Waals surface area contributed by atoms with Gasteiger partial charge in [0.05, 0.1) is 10.9 Å². The molecule has 2 aromatic heterocycles. The monoisotopic (exact) mass is 333 g/mol. The van der Waals surface area contributed by atoms with Crippen LogP contribution in [0.15, 0.2) is 10.1 Å². The van der Waals surface area contributed by atoms with E-state index in [1.54, 1.807) is 0 Å². The minimum Gasteiger partial charge on any atom is -0.217 e. The molecule has 0 bridgehead atoms. The smallest absolute Gasteiger partial charge is 0.217 e. The van der Waals surface area contributed by atoms with Crippen molar-refractivity contribution >= 4 is 11.8 Å². The number of tetrazole rings is 1. The first-order chi connectivity index (χ1) is 10.6. The fraction of sp³-hybridized carbons (Fsp3) is 0.500. The minimum atomic E-state index is -1.70. The van der Waals surface area contributed by atoms with Gasteiger partial charge in [0, 0.05) is 0 Å². The van der Waals surface area contributed by atoms with E-state index in [1.165, 1.54) is 4.68 Å². The molecule has 0 radical (unpaired) electrons. The van der Waals surface area contributed by atoms with Crippen molar-refractivity contribution in [1.29, 1.82) is 0 Å². The van der Waals surface area contributed by atoms with Crippen molar-refractivity contribution in [3.8, 4) is 0 Å². The van der Waals surface area contributed by atoms with Crippen LogP contribution in [0.5, 0.6) is 0 Å². The van der Waals surface area contributed by atoms with Gasteiger partial charge in [-0.05, 0) is 35.0 Å². The van der Waals surface area contributed by atoms with Crippen molar-refractivity contribution in [3.63, 3.8) is 0 Å². The Morgan fingerprint density at radius 1 is 0.955 bits per heavy atom. The Labute approximate surface area is 127 Å². The van der Waals surface area contributed by atoms with Crippen LogP contribution in [0.3, 0.4) is 0 Å². The predicted molar refractivity (Wildman–Crippen MR) is 68.1 cm³/mol. The third kappa shape index (κ3) is 2.79. The molecule has 3 rings (SSSR count). The molecular weight excluding hydrogens is 322 g/mol. The summed E-state index contributed by atoms with van der Waals surface area (Å²) < 4.78 is 55.1. The van der Waals surface area contributed by atoms with Gasteiger partial charge in [0.2, 0.25) is 5.16 Å². The van der Waals surface area contributed by atoms with E-state index in [2.05, 4.69) is 20.5 Å². The Morgan fingerprint density at radius 2 is 1.59 bits per heavy atom. The summed E-state index contributed by atoms with van der Waals surface area (Å²) in [6, 6.07) is 0.0221. The van der Waals surface area contributed by atoms with Gasteiger partial charge in [-0.25, -0.2) is 13.5 Å². The van der Waals surface area contributed by atoms with Gasteiger partial charge in [-0.3, -0.25) is 0 Å². The summed E-state index contributed by atoms with van der Waals surface area (Å²) in [7, 11) is 0. The minimum absolute atomic E-state index is 0.0221. The van der Waals surface area contributed by atoms with Crippen LogP contribution in [0.1, 0.15) is 38.1 Å². The molecule has 5 nitrogen and oxygen atoms in total. The average molecular weight is 333 g/mol. The first kappa shape index (κ1) is 15.2. The van der Waals surface area contributed by atoms with Crippen LogP contribution >= 0.6 is 11.8 Å². The zero-order valence-corrected chi connectivity index (χ0v) is 12.1. The number of hydrogen-bond donors (Lipinski definition) is 0. The van der Waals surface area contributed by atoms with Crippen molar-refractivity contribution in [1.82, 2.24) is 25.2 Å². The van der Waals surface area contributed by atoms with E-state index in [0.29, 0.717) is 11.8 Å². The number of rotatable bonds is 3. The molecule has 0 aliphatic heterocycles. The zero-order valence-electron chi connectivity index (χ0n) is 11.3. The molecule has 0 saturated heterocycles. The summed E-state index contributed by atoms with van der Waals surface area (Å²) in [5, 5.41) is 11.1. The summed E-state index contributed by atoms with van der Waals surface area (Å²) in [6.45, 7) is 0. The Balaban J connectivity index is 1.93. The van der Waals surface area contributed by atoms with E-state index in [0.717, 1.165) is 32.1 Å². The summed E-state index contributed by atoms with van der Waals surface area (Å²) in [6.07, 6.45) is 4.84. The molecule has 1 aliphatic rings. The van der Waals surface area contributed by atoms with Crippen LogP contribution in [0, 0.1) is 23.5 Å². The molecule has 0 N–H and O–H groups in total. The van der Waals surface area contributed by atoms with Gasteiger partial charge in [-0.15, -0.1) is 5.10 Å². The second-order valence-electron chi connectivity index (χ2n) is 4.95. The second-order valence-corrected chi connectivity index (χ2v) is 5.93. The molecule has 0 spiro atoms. The van der Waals surface area contributed by atoms with Crippen LogP contribution in [0.4, 0.5) is 17.6 Å². The lowest BCUT2D eigenvalue weighted by atomic mass is 9.96. The van der Waals surface area contributed by atoms with E-state index in [-0.39, 0.29) is 11.2 Å². The lowest BCUT2D eigenvalue weighted by molar-refractivity contribution is 0.307. The van der Waals surface area contributed by atoms with Crippen molar-refractivity contribution in [2.75, 3.05) is 0 Å².